The van der Waals surface area contributed by atoms with Gasteiger partial charge in [0.2, 0.25) is 5.90 Å². The van der Waals surface area contributed by atoms with Gasteiger partial charge in [-0.25, -0.2) is 10.6 Å². The summed E-state index contributed by atoms with van der Waals surface area (Å²) >= 11 is 0. The molecule has 1 rings (SSSR count). The first kappa shape index (κ1) is 12.6. The third kappa shape index (κ3) is 2.36. The maximum absolute atomic E-state index is 10.3. The van der Waals surface area contributed by atoms with Crippen LogP contribution in [0.5, 0.6) is 0 Å². The van der Waals surface area contributed by atoms with E-state index in [1.807, 2.05) is 0 Å². The average Bonchev–Trinajstić information content (AvgIpc) is 2.38. The number of benzene rings is 1. The van der Waals surface area contributed by atoms with E-state index >= 15 is 0 Å². The topological polar surface area (TPSA) is 129 Å². The van der Waals surface area contributed by atoms with Crippen LogP contribution in [0, 0.1) is 15.8 Å². The molecule has 0 aromatic heterocycles. The summed E-state index contributed by atoms with van der Waals surface area (Å²) in [6, 6.07) is 8.03. The van der Waals surface area contributed by atoms with E-state index < -0.39 is 11.6 Å². The fourth-order valence-corrected chi connectivity index (χ4v) is 1.29. The highest BCUT2D eigenvalue weighted by Gasteiger charge is 2.39. The molecule has 0 aliphatic carbocycles. The van der Waals surface area contributed by atoms with Crippen molar-refractivity contribution in [1.82, 2.24) is 0 Å². The predicted molar refractivity (Wildman–Crippen MR) is 59.3 cm³/mol. The summed E-state index contributed by atoms with van der Waals surface area (Å²) in [5.41, 5.74) is -1.66. The Balaban J connectivity index is 3.40. The number of rotatable bonds is 4. The lowest BCUT2D eigenvalue weighted by Gasteiger charge is -2.23. The number of hydrogen-bond donors (Lipinski definition) is 1. The highest BCUT2D eigenvalue weighted by atomic mass is 16.5. The quantitative estimate of drug-likeness (QED) is 0.372. The Bertz CT molecular complexity index is 420. The SMILES string of the molecule is COC(=N)C(N=N[O-])(N=N[O-])c1ccccc1. The van der Waals surface area contributed by atoms with Gasteiger partial charge in [-0.2, -0.15) is 10.2 Å². The number of ether oxygens (including phenoxy) is 1. The maximum atomic E-state index is 10.3. The van der Waals surface area contributed by atoms with E-state index in [1.165, 1.54) is 19.2 Å². The lowest BCUT2D eigenvalue weighted by Crippen LogP contribution is -2.32. The molecular weight excluding hydrogens is 226 g/mol. The zero-order valence-corrected chi connectivity index (χ0v) is 8.90. The Morgan fingerprint density at radius 2 is 1.71 bits per heavy atom. The van der Waals surface area contributed by atoms with Crippen LogP contribution in [0.4, 0.5) is 0 Å². The third-order valence-corrected chi connectivity index (χ3v) is 2.07. The van der Waals surface area contributed by atoms with Crippen molar-refractivity contribution in [3.63, 3.8) is 0 Å². The summed E-state index contributed by atoms with van der Waals surface area (Å²) in [5.74, 6) is -0.525. The third-order valence-electron chi connectivity index (χ3n) is 2.07. The molecule has 0 atom stereocenters. The summed E-state index contributed by atoms with van der Waals surface area (Å²) in [5, 5.41) is 39.4. The second kappa shape index (κ2) is 5.54. The molecule has 0 unspecified atom stereocenters. The van der Waals surface area contributed by atoms with E-state index in [4.69, 9.17) is 5.41 Å². The predicted octanol–water partition coefficient (Wildman–Crippen LogP) is 2.36. The lowest BCUT2D eigenvalue weighted by atomic mass is 10.0. The number of nitrogens with zero attached hydrogens (tertiary/aromatic N) is 4. The van der Waals surface area contributed by atoms with Crippen molar-refractivity contribution >= 4 is 5.90 Å². The molecule has 1 aromatic rings. The number of methoxy groups -OCH3 is 1. The molecule has 0 bridgehead atoms. The molecule has 0 fully saturated rings. The molecule has 1 aromatic carbocycles. The Hall–Kier alpha value is -2.51. The fraction of sp³-hybridized carbons (Fsp3) is 0.222. The lowest BCUT2D eigenvalue weighted by molar-refractivity contribution is 0.338. The standard InChI is InChI=1S/C9H11N5O3/c1-17-8(10)9(11-13-15,12-14-16)7-5-3-2-4-6-7/h2-6,10H,1H3,(H,11,15)(H,12,16)/p-2. The highest BCUT2D eigenvalue weighted by Crippen LogP contribution is 2.30. The summed E-state index contributed by atoms with van der Waals surface area (Å²) in [6.07, 6.45) is 0. The Morgan fingerprint density at radius 3 is 2.12 bits per heavy atom. The van der Waals surface area contributed by atoms with Gasteiger partial charge in [0.05, 0.1) is 7.11 Å². The van der Waals surface area contributed by atoms with Crippen molar-refractivity contribution in [2.75, 3.05) is 7.11 Å². The molecule has 0 saturated heterocycles. The van der Waals surface area contributed by atoms with Gasteiger partial charge in [-0.05, 0) is 0 Å². The van der Waals surface area contributed by atoms with Crippen molar-refractivity contribution in [3.05, 3.63) is 46.3 Å². The molecule has 0 aliphatic heterocycles. The first-order valence-electron chi connectivity index (χ1n) is 4.49. The summed E-state index contributed by atoms with van der Waals surface area (Å²) < 4.78 is 4.67. The second-order valence-electron chi connectivity index (χ2n) is 2.93. The first-order valence-corrected chi connectivity index (χ1v) is 4.49. The van der Waals surface area contributed by atoms with Crippen LogP contribution in [-0.2, 0) is 10.4 Å². The molecule has 90 valence electrons. The van der Waals surface area contributed by atoms with Crippen LogP contribution >= 0.6 is 0 Å². The minimum absolute atomic E-state index is 0.283. The molecule has 8 nitrogen and oxygen atoms in total. The van der Waals surface area contributed by atoms with Crippen LogP contribution in [0.25, 0.3) is 0 Å². The van der Waals surface area contributed by atoms with Crippen molar-refractivity contribution in [2.24, 2.45) is 20.8 Å². The van der Waals surface area contributed by atoms with Gasteiger partial charge in [0.1, 0.15) is 0 Å². The van der Waals surface area contributed by atoms with E-state index in [-0.39, 0.29) is 5.56 Å². The van der Waals surface area contributed by atoms with Gasteiger partial charge < -0.3 is 15.2 Å². The minimum Gasteiger partial charge on any atom is -0.775 e. The highest BCUT2D eigenvalue weighted by molar-refractivity contribution is 5.84. The largest absolute Gasteiger partial charge is 0.775 e. The minimum atomic E-state index is -1.94. The van der Waals surface area contributed by atoms with Crippen LogP contribution in [0.3, 0.4) is 0 Å². The van der Waals surface area contributed by atoms with Crippen molar-refractivity contribution in [1.29, 1.82) is 5.41 Å². The fourth-order valence-electron chi connectivity index (χ4n) is 1.29. The van der Waals surface area contributed by atoms with E-state index in [9.17, 15) is 10.4 Å². The van der Waals surface area contributed by atoms with E-state index in [0.29, 0.717) is 0 Å². The van der Waals surface area contributed by atoms with Crippen molar-refractivity contribution < 1.29 is 4.74 Å². The monoisotopic (exact) mass is 235 g/mol. The van der Waals surface area contributed by atoms with Crippen LogP contribution in [0.15, 0.2) is 51.1 Å². The molecule has 1 N–H and O–H groups in total. The maximum Gasteiger partial charge on any atom is 0.288 e. The Morgan fingerprint density at radius 1 is 1.18 bits per heavy atom. The van der Waals surface area contributed by atoms with E-state index in [1.54, 1.807) is 18.2 Å². The van der Waals surface area contributed by atoms with Crippen LogP contribution in [-0.4, -0.2) is 13.0 Å². The molecular formula is C9H9N5O3-2. The molecule has 0 radical (unpaired) electrons. The normalized spacial score (nSPS) is 14.9. The average molecular weight is 235 g/mol. The molecule has 0 aliphatic rings. The van der Waals surface area contributed by atoms with Gasteiger partial charge in [-0.1, -0.05) is 30.3 Å². The summed E-state index contributed by atoms with van der Waals surface area (Å²) in [4.78, 5) is 0. The Kier molecular flexibility index (Phi) is 4.09. The second-order valence-corrected chi connectivity index (χ2v) is 2.93. The van der Waals surface area contributed by atoms with Gasteiger partial charge in [-0.15, -0.1) is 0 Å². The van der Waals surface area contributed by atoms with E-state index in [0.717, 1.165) is 0 Å². The van der Waals surface area contributed by atoms with Crippen LogP contribution < -0.4 is 0 Å². The number of hydrogen-bond acceptors (Lipinski definition) is 8. The summed E-state index contributed by atoms with van der Waals surface area (Å²) in [7, 11) is 1.20. The van der Waals surface area contributed by atoms with Crippen molar-refractivity contribution in [3.8, 4) is 0 Å². The molecule has 8 heteroatoms. The van der Waals surface area contributed by atoms with Gasteiger partial charge >= 0.3 is 0 Å². The zero-order valence-electron chi connectivity index (χ0n) is 8.90. The van der Waals surface area contributed by atoms with Crippen LogP contribution in [0.1, 0.15) is 5.56 Å². The molecule has 0 saturated carbocycles. The molecule has 0 heterocycles. The van der Waals surface area contributed by atoms with Gasteiger partial charge in [0.15, 0.2) is 0 Å². The van der Waals surface area contributed by atoms with Crippen LogP contribution in [0.2, 0.25) is 0 Å². The Labute approximate surface area is 96.7 Å². The molecule has 0 spiro atoms. The zero-order chi connectivity index (χ0) is 12.7. The van der Waals surface area contributed by atoms with Gasteiger partial charge in [0.25, 0.3) is 5.66 Å². The summed E-state index contributed by atoms with van der Waals surface area (Å²) in [6.45, 7) is 0. The van der Waals surface area contributed by atoms with Gasteiger partial charge in [0, 0.05) is 5.56 Å². The number of nitrogens with one attached hydrogen (secondary N) is 1. The van der Waals surface area contributed by atoms with Crippen molar-refractivity contribution in [2.45, 2.75) is 5.66 Å². The first-order chi connectivity index (χ1) is 8.21. The smallest absolute Gasteiger partial charge is 0.288 e. The van der Waals surface area contributed by atoms with Gasteiger partial charge in [-0.3, -0.25) is 5.41 Å². The molecule has 0 amide bonds. The molecule has 17 heavy (non-hydrogen) atoms. The van der Waals surface area contributed by atoms with E-state index in [2.05, 4.69) is 25.5 Å².